The average molecular weight is 366 g/mol. The predicted octanol–water partition coefficient (Wildman–Crippen LogP) is 4.31. The first-order valence-corrected chi connectivity index (χ1v) is 8.42. The van der Waals surface area contributed by atoms with E-state index in [4.69, 9.17) is 14.2 Å². The molecule has 140 valence electrons. The molecular formula is C21H22N2O4. The van der Waals surface area contributed by atoms with Gasteiger partial charge in [-0.1, -0.05) is 0 Å². The van der Waals surface area contributed by atoms with E-state index >= 15 is 0 Å². The van der Waals surface area contributed by atoms with Crippen molar-refractivity contribution in [2.24, 2.45) is 0 Å². The van der Waals surface area contributed by atoms with Crippen LogP contribution in [0, 0.1) is 6.92 Å². The summed E-state index contributed by atoms with van der Waals surface area (Å²) in [5.41, 5.74) is 3.53. The van der Waals surface area contributed by atoms with Crippen LogP contribution >= 0.6 is 0 Å². The van der Waals surface area contributed by atoms with Crippen molar-refractivity contribution in [1.29, 1.82) is 0 Å². The van der Waals surface area contributed by atoms with Crippen molar-refractivity contribution in [1.82, 2.24) is 4.98 Å². The number of allylic oxidation sites excluding steroid dienone is 1. The molecule has 0 aliphatic carbocycles. The topological polar surface area (TPSA) is 72.6 Å². The number of methoxy groups -OCH3 is 3. The number of aromatic nitrogens is 1. The van der Waals surface area contributed by atoms with Gasteiger partial charge in [-0.05, 0) is 43.3 Å². The molecule has 0 saturated carbocycles. The van der Waals surface area contributed by atoms with Gasteiger partial charge in [-0.2, -0.15) is 0 Å². The molecule has 0 amide bonds. The fourth-order valence-electron chi connectivity index (χ4n) is 2.90. The van der Waals surface area contributed by atoms with Crippen molar-refractivity contribution >= 4 is 22.4 Å². The van der Waals surface area contributed by atoms with Gasteiger partial charge in [0, 0.05) is 40.1 Å². The minimum Gasteiger partial charge on any atom is -0.493 e. The molecule has 0 bridgehead atoms. The smallest absolute Gasteiger partial charge is 0.203 e. The lowest BCUT2D eigenvalue weighted by Crippen LogP contribution is -2.01. The molecule has 0 saturated heterocycles. The summed E-state index contributed by atoms with van der Waals surface area (Å²) >= 11 is 0. The van der Waals surface area contributed by atoms with E-state index in [1.165, 1.54) is 27.4 Å². The first kappa shape index (κ1) is 18.4. The zero-order chi connectivity index (χ0) is 19.4. The number of aromatic amines is 1. The molecule has 1 aromatic heterocycles. The normalized spacial score (nSPS) is 11.0. The third kappa shape index (κ3) is 3.89. The number of hydrogen-bond donors (Lipinski definition) is 2. The van der Waals surface area contributed by atoms with Crippen LogP contribution in [0.3, 0.4) is 0 Å². The van der Waals surface area contributed by atoms with E-state index in [9.17, 15) is 4.79 Å². The first-order chi connectivity index (χ1) is 13.0. The zero-order valence-electron chi connectivity index (χ0n) is 15.8. The highest BCUT2D eigenvalue weighted by molar-refractivity contribution is 6.05. The second-order valence-electron chi connectivity index (χ2n) is 6.01. The van der Waals surface area contributed by atoms with E-state index in [0.29, 0.717) is 22.8 Å². The maximum atomic E-state index is 12.5. The summed E-state index contributed by atoms with van der Waals surface area (Å²) in [5.74, 6) is 1.15. The van der Waals surface area contributed by atoms with Crippen LogP contribution in [0.25, 0.3) is 10.9 Å². The standard InChI is InChI=1S/C21H22N2O4/c1-13-9-14-10-16(5-6-17(14)23-13)22-8-7-18(24)15-11-19(25-2)21(27-4)20(12-15)26-3/h5-12,22-23H,1-4H3/b8-7-. The average Bonchev–Trinajstić information content (AvgIpc) is 3.05. The van der Waals surface area contributed by atoms with Gasteiger partial charge in [0.25, 0.3) is 0 Å². The van der Waals surface area contributed by atoms with Crippen molar-refractivity contribution < 1.29 is 19.0 Å². The maximum Gasteiger partial charge on any atom is 0.203 e. The molecule has 0 unspecified atom stereocenters. The number of nitrogens with one attached hydrogen (secondary N) is 2. The van der Waals surface area contributed by atoms with E-state index in [2.05, 4.69) is 16.4 Å². The van der Waals surface area contributed by atoms with Crippen LogP contribution in [0.5, 0.6) is 17.2 Å². The van der Waals surface area contributed by atoms with Gasteiger partial charge in [-0.25, -0.2) is 0 Å². The SMILES string of the molecule is COc1cc(C(=O)/C=C\Nc2ccc3[nH]c(C)cc3c2)cc(OC)c1OC. The lowest BCUT2D eigenvalue weighted by atomic mass is 10.1. The lowest BCUT2D eigenvalue weighted by molar-refractivity contribution is 0.104. The van der Waals surface area contributed by atoms with Gasteiger partial charge in [0.05, 0.1) is 21.3 Å². The molecule has 0 fully saturated rings. The van der Waals surface area contributed by atoms with E-state index in [-0.39, 0.29) is 5.78 Å². The van der Waals surface area contributed by atoms with Gasteiger partial charge >= 0.3 is 0 Å². The fourth-order valence-corrected chi connectivity index (χ4v) is 2.90. The summed E-state index contributed by atoms with van der Waals surface area (Å²) in [6.45, 7) is 2.02. The molecule has 0 atom stereocenters. The van der Waals surface area contributed by atoms with Crippen molar-refractivity contribution in [2.75, 3.05) is 26.6 Å². The molecule has 0 spiro atoms. The Morgan fingerprint density at radius 1 is 1.00 bits per heavy atom. The van der Waals surface area contributed by atoms with Crippen molar-refractivity contribution in [3.63, 3.8) is 0 Å². The Morgan fingerprint density at radius 3 is 2.33 bits per heavy atom. The molecular weight excluding hydrogens is 344 g/mol. The molecule has 2 N–H and O–H groups in total. The third-order valence-corrected chi connectivity index (χ3v) is 4.19. The van der Waals surface area contributed by atoms with Crippen LogP contribution < -0.4 is 19.5 Å². The number of ketones is 1. The van der Waals surface area contributed by atoms with Gasteiger partial charge in [0.15, 0.2) is 17.3 Å². The molecule has 6 heteroatoms. The third-order valence-electron chi connectivity index (χ3n) is 4.19. The number of anilines is 1. The van der Waals surface area contributed by atoms with Crippen molar-refractivity contribution in [3.05, 3.63) is 59.9 Å². The summed E-state index contributed by atoms with van der Waals surface area (Å²) in [5, 5.41) is 4.24. The predicted molar refractivity (Wildman–Crippen MR) is 106 cm³/mol. The number of benzene rings is 2. The second-order valence-corrected chi connectivity index (χ2v) is 6.01. The van der Waals surface area contributed by atoms with Crippen molar-refractivity contribution in [3.8, 4) is 17.2 Å². The number of hydrogen-bond acceptors (Lipinski definition) is 5. The van der Waals surface area contributed by atoms with Crippen LogP contribution in [0.2, 0.25) is 0 Å². The number of H-pyrrole nitrogens is 1. The number of rotatable bonds is 7. The van der Waals surface area contributed by atoms with Crippen LogP contribution in [-0.4, -0.2) is 32.1 Å². The Balaban J connectivity index is 1.77. The summed E-state index contributed by atoms with van der Waals surface area (Å²) in [6.07, 6.45) is 3.08. The molecule has 0 aliphatic heterocycles. The second kappa shape index (κ2) is 7.86. The van der Waals surface area contributed by atoms with Gasteiger partial charge in [0.1, 0.15) is 0 Å². The molecule has 2 aromatic carbocycles. The van der Waals surface area contributed by atoms with E-state index in [0.717, 1.165) is 22.3 Å². The minimum atomic E-state index is -0.180. The molecule has 3 rings (SSSR count). The Bertz CT molecular complexity index is 980. The number of aryl methyl sites for hydroxylation is 1. The molecule has 6 nitrogen and oxygen atoms in total. The minimum absolute atomic E-state index is 0.180. The number of carbonyl (C=O) groups excluding carboxylic acids is 1. The highest BCUT2D eigenvalue weighted by atomic mass is 16.5. The number of carbonyl (C=O) groups is 1. The number of ether oxygens (including phenoxy) is 3. The van der Waals surface area contributed by atoms with Gasteiger partial charge < -0.3 is 24.5 Å². The van der Waals surface area contributed by atoms with Crippen molar-refractivity contribution in [2.45, 2.75) is 6.92 Å². The lowest BCUT2D eigenvalue weighted by Gasteiger charge is -2.13. The largest absolute Gasteiger partial charge is 0.493 e. The van der Waals surface area contributed by atoms with E-state index in [1.54, 1.807) is 18.3 Å². The van der Waals surface area contributed by atoms with Crippen LogP contribution in [0.1, 0.15) is 16.1 Å². The molecule has 3 aromatic rings. The Hall–Kier alpha value is -3.41. The number of fused-ring (bicyclic) bond motifs is 1. The Kier molecular flexibility index (Phi) is 5.35. The molecule has 27 heavy (non-hydrogen) atoms. The Morgan fingerprint density at radius 2 is 1.70 bits per heavy atom. The fraction of sp³-hybridized carbons (Fsp3) is 0.190. The highest BCUT2D eigenvalue weighted by Gasteiger charge is 2.15. The van der Waals surface area contributed by atoms with Gasteiger partial charge in [-0.3, -0.25) is 4.79 Å². The maximum absolute atomic E-state index is 12.5. The summed E-state index contributed by atoms with van der Waals surface area (Å²) in [6, 6.07) is 11.3. The molecule has 1 heterocycles. The van der Waals surface area contributed by atoms with Crippen LogP contribution in [-0.2, 0) is 0 Å². The highest BCUT2D eigenvalue weighted by Crippen LogP contribution is 2.38. The van der Waals surface area contributed by atoms with Crippen LogP contribution in [0.15, 0.2) is 48.7 Å². The summed E-state index contributed by atoms with van der Waals surface area (Å²) in [4.78, 5) is 15.8. The van der Waals surface area contributed by atoms with E-state index in [1.807, 2.05) is 25.1 Å². The summed E-state index contributed by atoms with van der Waals surface area (Å²) < 4.78 is 15.8. The summed E-state index contributed by atoms with van der Waals surface area (Å²) in [7, 11) is 4.55. The van der Waals surface area contributed by atoms with Crippen LogP contribution in [0.4, 0.5) is 5.69 Å². The zero-order valence-corrected chi connectivity index (χ0v) is 15.8. The molecule has 0 radical (unpaired) electrons. The quantitative estimate of drug-likeness (QED) is 0.481. The van der Waals surface area contributed by atoms with Gasteiger partial charge in [0.2, 0.25) is 5.75 Å². The molecule has 0 aliphatic rings. The van der Waals surface area contributed by atoms with Gasteiger partial charge in [-0.15, -0.1) is 0 Å². The first-order valence-electron chi connectivity index (χ1n) is 8.42. The Labute approximate surface area is 157 Å². The monoisotopic (exact) mass is 366 g/mol. The van der Waals surface area contributed by atoms with E-state index < -0.39 is 0 Å².